The molecule has 1 aliphatic rings. The van der Waals surface area contributed by atoms with Crippen LogP contribution in [0.5, 0.6) is 0 Å². The topological polar surface area (TPSA) is 84.9 Å². The molecule has 0 atom stereocenters. The first-order chi connectivity index (χ1) is 12.2. The summed E-state index contributed by atoms with van der Waals surface area (Å²) in [6, 6.07) is 12.6. The van der Waals surface area contributed by atoms with Crippen LogP contribution in [0.4, 0.5) is 0 Å². The molecule has 0 aliphatic heterocycles. The first-order valence-corrected chi connectivity index (χ1v) is 8.15. The number of benzene rings is 1. The summed E-state index contributed by atoms with van der Waals surface area (Å²) in [6.45, 7) is 0.564. The average Bonchev–Trinajstić information content (AvgIpc) is 2.66. The van der Waals surface area contributed by atoms with Gasteiger partial charge in [-0.15, -0.1) is 0 Å². The van der Waals surface area contributed by atoms with Gasteiger partial charge >= 0.3 is 0 Å². The molecule has 0 amide bonds. The smallest absolute Gasteiger partial charge is 0.252 e. The number of aromatic nitrogens is 1. The van der Waals surface area contributed by atoms with Gasteiger partial charge in [-0.1, -0.05) is 30.3 Å². The number of quaternary nitrogens is 1. The van der Waals surface area contributed by atoms with Crippen molar-refractivity contribution in [2.24, 2.45) is 0 Å². The van der Waals surface area contributed by atoms with Crippen molar-refractivity contribution >= 4 is 11.6 Å². The van der Waals surface area contributed by atoms with Gasteiger partial charge in [-0.25, -0.2) is 4.84 Å². The van der Waals surface area contributed by atoms with E-state index in [2.05, 4.69) is 10.3 Å². The van der Waals surface area contributed by atoms with Gasteiger partial charge in [-0.3, -0.25) is 14.6 Å². The Balaban J connectivity index is 1.74. The third-order valence-corrected chi connectivity index (χ3v) is 4.03. The first kappa shape index (κ1) is 17.0. The highest BCUT2D eigenvalue weighted by Crippen LogP contribution is 2.22. The molecule has 6 nitrogen and oxygen atoms in total. The lowest BCUT2D eigenvalue weighted by atomic mass is 9.90. The van der Waals surface area contributed by atoms with Gasteiger partial charge in [0, 0.05) is 29.6 Å². The van der Waals surface area contributed by atoms with Crippen molar-refractivity contribution in [1.29, 1.82) is 0 Å². The Labute approximate surface area is 145 Å². The van der Waals surface area contributed by atoms with Crippen LogP contribution in [-0.4, -0.2) is 30.2 Å². The number of hydrogen-bond acceptors (Lipinski definition) is 5. The van der Waals surface area contributed by atoms with Gasteiger partial charge in [0.2, 0.25) is 11.5 Å². The molecule has 0 unspecified atom stereocenters. The van der Waals surface area contributed by atoms with Crippen LogP contribution in [0.1, 0.15) is 32.8 Å². The van der Waals surface area contributed by atoms with Gasteiger partial charge in [0.25, 0.3) is 5.78 Å². The number of nitrogens with one attached hydrogen (secondary N) is 1. The summed E-state index contributed by atoms with van der Waals surface area (Å²) in [5.74, 6) is -0.388. The zero-order chi connectivity index (χ0) is 17.6. The monoisotopic (exact) mass is 338 g/mol. The molecule has 0 saturated carbocycles. The highest BCUT2D eigenvalue weighted by Gasteiger charge is 2.35. The number of rotatable bonds is 7. The first-order valence-electron chi connectivity index (χ1n) is 8.15. The molecule has 25 heavy (non-hydrogen) atoms. The van der Waals surface area contributed by atoms with Crippen molar-refractivity contribution in [3.63, 3.8) is 0 Å². The lowest BCUT2D eigenvalue weighted by molar-refractivity contribution is -0.850. The predicted octanol–water partition coefficient (Wildman–Crippen LogP) is 1.02. The molecule has 128 valence electrons. The van der Waals surface area contributed by atoms with Crippen LogP contribution in [0.2, 0.25) is 0 Å². The number of pyridine rings is 1. The lowest BCUT2D eigenvalue weighted by Crippen LogP contribution is -2.83. The number of nitrogens with zero attached hydrogens (tertiary/aromatic N) is 1. The van der Waals surface area contributed by atoms with Crippen LogP contribution in [0.3, 0.4) is 0 Å². The molecule has 0 bridgehead atoms. The van der Waals surface area contributed by atoms with Crippen LogP contribution >= 0.6 is 0 Å². The fourth-order valence-corrected chi connectivity index (χ4v) is 2.83. The second-order valence-corrected chi connectivity index (χ2v) is 5.70. The summed E-state index contributed by atoms with van der Waals surface area (Å²) in [5.41, 5.74) is 3.73. The number of aryl methyl sites for hydroxylation is 1. The molecular formula is C19H20N3O3+. The summed E-state index contributed by atoms with van der Waals surface area (Å²) in [6.07, 6.45) is 3.35. The molecule has 1 aliphatic carbocycles. The minimum absolute atomic E-state index is 0.184. The maximum absolute atomic E-state index is 12.8. The van der Waals surface area contributed by atoms with Crippen molar-refractivity contribution < 1.29 is 19.9 Å². The van der Waals surface area contributed by atoms with Crippen molar-refractivity contribution in [3.05, 3.63) is 76.9 Å². The number of carbonyl (C=O) groups excluding carboxylic acids is 2. The molecule has 1 heterocycles. The quantitative estimate of drug-likeness (QED) is 0.582. The van der Waals surface area contributed by atoms with Crippen molar-refractivity contribution in [3.8, 4) is 0 Å². The number of nitrogens with two attached hydrogens (primary N) is 1. The predicted molar refractivity (Wildman–Crippen MR) is 91.6 cm³/mol. The van der Waals surface area contributed by atoms with Gasteiger partial charge in [0.05, 0.1) is 7.11 Å². The number of carbonyl (C=O) groups is 2. The Kier molecular flexibility index (Phi) is 5.33. The molecule has 0 saturated heterocycles. The molecule has 0 fully saturated rings. The van der Waals surface area contributed by atoms with E-state index in [1.54, 1.807) is 30.5 Å². The lowest BCUT2D eigenvalue weighted by Gasteiger charge is -2.18. The Bertz CT molecular complexity index is 816. The molecule has 3 N–H and O–H groups in total. The van der Waals surface area contributed by atoms with Gasteiger partial charge in [-0.2, -0.15) is 5.48 Å². The zero-order valence-electron chi connectivity index (χ0n) is 14.0. The molecule has 1 aromatic carbocycles. The Morgan fingerprint density at radius 2 is 1.76 bits per heavy atom. The minimum atomic E-state index is -0.204. The summed E-state index contributed by atoms with van der Waals surface area (Å²) < 4.78 is 0. The van der Waals surface area contributed by atoms with E-state index in [1.165, 1.54) is 12.6 Å². The highest BCUT2D eigenvalue weighted by molar-refractivity contribution is 6.25. The summed E-state index contributed by atoms with van der Waals surface area (Å²) in [7, 11) is 1.46. The number of allylic oxidation sites excluding steroid dienone is 2. The number of ketones is 2. The van der Waals surface area contributed by atoms with Crippen LogP contribution in [0.25, 0.3) is 0 Å². The summed E-state index contributed by atoms with van der Waals surface area (Å²) in [5, 5.41) is 3.12. The fourth-order valence-electron chi connectivity index (χ4n) is 2.83. The van der Waals surface area contributed by atoms with E-state index in [4.69, 9.17) is 4.84 Å². The van der Waals surface area contributed by atoms with Crippen LogP contribution in [-0.2, 0) is 11.3 Å². The fraction of sp³-hybridized carbons (Fsp3) is 0.211. The number of Topliss-reactive ketones (excluding diaryl/α,β-unsaturated/α-hetero) is 2. The van der Waals surface area contributed by atoms with Gasteiger partial charge in [-0.05, 0) is 25.0 Å². The Hall–Kier alpha value is -2.83. The van der Waals surface area contributed by atoms with Crippen molar-refractivity contribution in [2.75, 3.05) is 13.7 Å². The number of hydroxylamine groups is 1. The molecule has 2 aromatic rings. The Morgan fingerprint density at radius 3 is 2.44 bits per heavy atom. The van der Waals surface area contributed by atoms with E-state index in [0.29, 0.717) is 23.4 Å². The zero-order valence-corrected chi connectivity index (χ0v) is 14.0. The standard InChI is InChI=1S/C19H19N3O3/c1-25-22-17-16(21-12-6-8-13-7-4-5-11-20-13)18(23)14-9-2-3-10-15(14)19(17)24/h2-5,7,9-11,21-22H,6,8,12H2,1H3/p+1. The maximum atomic E-state index is 12.8. The van der Waals surface area contributed by atoms with E-state index in [9.17, 15) is 9.59 Å². The van der Waals surface area contributed by atoms with E-state index in [-0.39, 0.29) is 17.3 Å². The van der Waals surface area contributed by atoms with E-state index < -0.39 is 0 Å². The third kappa shape index (κ3) is 3.65. The number of fused-ring (bicyclic) bond motifs is 1. The van der Waals surface area contributed by atoms with Gasteiger partial charge in [0.1, 0.15) is 0 Å². The third-order valence-electron chi connectivity index (χ3n) is 4.03. The van der Waals surface area contributed by atoms with Crippen LogP contribution in [0.15, 0.2) is 60.1 Å². The van der Waals surface area contributed by atoms with E-state index in [1.807, 2.05) is 18.2 Å². The molecule has 6 heteroatoms. The van der Waals surface area contributed by atoms with E-state index in [0.717, 1.165) is 18.5 Å². The SMILES string of the molecule is CO[NH2+]C1=C(NCCCc2ccccn2)C(=O)c2ccccc2C1=O. The normalized spacial score (nSPS) is 13.8. The van der Waals surface area contributed by atoms with E-state index >= 15 is 0 Å². The Morgan fingerprint density at radius 1 is 1.04 bits per heavy atom. The summed E-state index contributed by atoms with van der Waals surface area (Å²) in [4.78, 5) is 34.7. The van der Waals surface area contributed by atoms with Crippen molar-refractivity contribution in [2.45, 2.75) is 12.8 Å². The number of hydrogen-bond donors (Lipinski definition) is 2. The second-order valence-electron chi connectivity index (χ2n) is 5.70. The van der Waals surface area contributed by atoms with Crippen LogP contribution in [0, 0.1) is 0 Å². The van der Waals surface area contributed by atoms with Crippen molar-refractivity contribution in [1.82, 2.24) is 10.3 Å². The van der Waals surface area contributed by atoms with Gasteiger partial charge in [0.15, 0.2) is 5.70 Å². The molecule has 3 rings (SSSR count). The summed E-state index contributed by atoms with van der Waals surface area (Å²) >= 11 is 0. The largest absolute Gasteiger partial charge is 0.377 e. The minimum Gasteiger partial charge on any atom is -0.377 e. The molecule has 0 spiro atoms. The molecule has 1 aromatic heterocycles. The van der Waals surface area contributed by atoms with Gasteiger partial charge < -0.3 is 5.32 Å². The second kappa shape index (κ2) is 7.83. The molecular weight excluding hydrogens is 318 g/mol. The maximum Gasteiger partial charge on any atom is 0.252 e. The molecule has 0 radical (unpaired) electrons. The highest BCUT2D eigenvalue weighted by atomic mass is 16.6. The average molecular weight is 338 g/mol. The van der Waals surface area contributed by atoms with Crippen LogP contribution < -0.4 is 10.8 Å².